The van der Waals surface area contributed by atoms with Crippen molar-refractivity contribution >= 4 is 11.0 Å². The molecule has 2 aliphatic heterocycles. The first-order valence-corrected chi connectivity index (χ1v) is 8.81. The average molecular weight is 352 g/mol. The van der Waals surface area contributed by atoms with Gasteiger partial charge < -0.3 is 23.5 Å². The molecule has 2 aliphatic rings. The van der Waals surface area contributed by atoms with Crippen molar-refractivity contribution in [2.45, 2.75) is 18.8 Å². The third-order valence-corrected chi connectivity index (χ3v) is 4.69. The van der Waals surface area contributed by atoms with Gasteiger partial charge in [0, 0.05) is 5.56 Å². The number of benzene rings is 2. The second kappa shape index (κ2) is 6.30. The van der Waals surface area contributed by atoms with Gasteiger partial charge in [-0.2, -0.15) is 0 Å². The van der Waals surface area contributed by atoms with E-state index < -0.39 is 0 Å². The lowest BCUT2D eigenvalue weighted by Gasteiger charge is -2.12. The monoisotopic (exact) mass is 352 g/mol. The number of ether oxygens (including phenoxy) is 4. The van der Waals surface area contributed by atoms with E-state index in [2.05, 4.69) is 10.6 Å². The molecule has 6 nitrogen and oxygen atoms in total. The number of fused-ring (bicyclic) bond motifs is 1. The Morgan fingerprint density at radius 2 is 1.88 bits per heavy atom. The topological polar surface area (TPSA) is 61.3 Å². The molecule has 26 heavy (non-hydrogen) atoms. The van der Waals surface area contributed by atoms with Crippen LogP contribution in [0.25, 0.3) is 22.4 Å². The van der Waals surface area contributed by atoms with E-state index in [1.807, 2.05) is 36.4 Å². The number of rotatable bonds is 7. The smallest absolute Gasteiger partial charge is 0.161 e. The van der Waals surface area contributed by atoms with Gasteiger partial charge in [0.15, 0.2) is 11.5 Å². The van der Waals surface area contributed by atoms with Gasteiger partial charge in [0.1, 0.15) is 18.5 Å². The number of hydrogen-bond donors (Lipinski definition) is 0. The van der Waals surface area contributed by atoms with Crippen molar-refractivity contribution in [3.63, 3.8) is 0 Å². The molecule has 134 valence electrons. The summed E-state index contributed by atoms with van der Waals surface area (Å²) in [4.78, 5) is 4.84. The predicted octanol–water partition coefficient (Wildman–Crippen LogP) is 2.89. The fraction of sp³-hybridized carbons (Fsp3) is 0.350. The molecule has 0 spiro atoms. The minimum absolute atomic E-state index is 0.210. The first-order valence-electron chi connectivity index (χ1n) is 8.81. The van der Waals surface area contributed by atoms with Crippen LogP contribution < -0.4 is 9.47 Å². The van der Waals surface area contributed by atoms with Crippen molar-refractivity contribution in [3.8, 4) is 22.9 Å². The van der Waals surface area contributed by atoms with Crippen molar-refractivity contribution in [3.05, 3.63) is 42.5 Å². The molecule has 0 radical (unpaired) electrons. The van der Waals surface area contributed by atoms with Gasteiger partial charge in [-0.3, -0.25) is 0 Å². The van der Waals surface area contributed by atoms with Gasteiger partial charge in [0.25, 0.3) is 0 Å². The number of nitrogens with zero attached hydrogens (tertiary/aromatic N) is 2. The number of hydrogen-bond acceptors (Lipinski definition) is 5. The first-order chi connectivity index (χ1) is 12.8. The predicted molar refractivity (Wildman–Crippen MR) is 96.7 cm³/mol. The second-order valence-electron chi connectivity index (χ2n) is 6.62. The highest BCUT2D eigenvalue weighted by molar-refractivity contribution is 5.81. The Bertz CT molecular complexity index is 944. The highest BCUT2D eigenvalue weighted by atomic mass is 16.6. The van der Waals surface area contributed by atoms with Gasteiger partial charge in [0.2, 0.25) is 0 Å². The van der Waals surface area contributed by atoms with Crippen LogP contribution in [-0.4, -0.2) is 48.7 Å². The molecule has 5 rings (SSSR count). The van der Waals surface area contributed by atoms with Crippen molar-refractivity contribution in [1.82, 2.24) is 9.55 Å². The molecule has 3 aromatic rings. The zero-order chi connectivity index (χ0) is 17.5. The summed E-state index contributed by atoms with van der Waals surface area (Å²) < 4.78 is 24.2. The molecule has 0 amide bonds. The van der Waals surface area contributed by atoms with Crippen LogP contribution in [0.4, 0.5) is 0 Å². The molecule has 2 fully saturated rings. The standard InChI is InChI=1S/C20H20N2O4/c1-23-19-8-13(6-7-18(19)26-12-15-11-25-15)20-21-16-4-2-3-5-17(16)22(20)9-14-10-24-14/h2-8,14-15H,9-12H2,1H3. The summed E-state index contributed by atoms with van der Waals surface area (Å²) >= 11 is 0. The summed E-state index contributed by atoms with van der Waals surface area (Å²) in [5, 5.41) is 0. The van der Waals surface area contributed by atoms with E-state index in [-0.39, 0.29) is 12.2 Å². The third kappa shape index (κ3) is 3.02. The van der Waals surface area contributed by atoms with Gasteiger partial charge in [-0.15, -0.1) is 0 Å². The second-order valence-corrected chi connectivity index (χ2v) is 6.62. The lowest BCUT2D eigenvalue weighted by atomic mass is 10.2. The largest absolute Gasteiger partial charge is 0.493 e. The van der Waals surface area contributed by atoms with E-state index in [4.69, 9.17) is 23.9 Å². The SMILES string of the molecule is COc1cc(-c2nc3ccccc3n2CC2CO2)ccc1OCC1CO1. The Hall–Kier alpha value is -2.57. The van der Waals surface area contributed by atoms with Crippen LogP contribution in [0.2, 0.25) is 0 Å². The Labute approximate surface area is 151 Å². The van der Waals surface area contributed by atoms with E-state index >= 15 is 0 Å². The lowest BCUT2D eigenvalue weighted by Crippen LogP contribution is -2.07. The van der Waals surface area contributed by atoms with Crippen molar-refractivity contribution in [2.75, 3.05) is 26.9 Å². The van der Waals surface area contributed by atoms with Crippen LogP contribution in [-0.2, 0) is 16.0 Å². The molecule has 2 aromatic carbocycles. The highest BCUT2D eigenvalue weighted by Gasteiger charge is 2.26. The van der Waals surface area contributed by atoms with E-state index in [9.17, 15) is 0 Å². The molecule has 3 heterocycles. The molecule has 2 atom stereocenters. The van der Waals surface area contributed by atoms with Crippen LogP contribution in [0.1, 0.15) is 0 Å². The summed E-state index contributed by atoms with van der Waals surface area (Å²) in [6.07, 6.45) is 0.483. The van der Waals surface area contributed by atoms with E-state index in [0.29, 0.717) is 12.4 Å². The number of aromatic nitrogens is 2. The van der Waals surface area contributed by atoms with E-state index in [0.717, 1.165) is 47.9 Å². The third-order valence-electron chi connectivity index (χ3n) is 4.69. The minimum atomic E-state index is 0.210. The zero-order valence-corrected chi connectivity index (χ0v) is 14.6. The normalized spacial score (nSPS) is 21.0. The van der Waals surface area contributed by atoms with Gasteiger partial charge in [-0.1, -0.05) is 12.1 Å². The number of para-hydroxylation sites is 2. The van der Waals surface area contributed by atoms with Gasteiger partial charge in [0.05, 0.1) is 44.0 Å². The van der Waals surface area contributed by atoms with E-state index in [1.54, 1.807) is 7.11 Å². The summed E-state index contributed by atoms with van der Waals surface area (Å²) in [7, 11) is 1.65. The average Bonchev–Trinajstić information content (AvgIpc) is 3.59. The summed E-state index contributed by atoms with van der Waals surface area (Å²) in [6, 6.07) is 14.1. The molecule has 2 unspecified atom stereocenters. The van der Waals surface area contributed by atoms with Crippen LogP contribution in [0.3, 0.4) is 0 Å². The van der Waals surface area contributed by atoms with Crippen LogP contribution in [0, 0.1) is 0 Å². The number of epoxide rings is 2. The Morgan fingerprint density at radius 3 is 2.65 bits per heavy atom. The maximum Gasteiger partial charge on any atom is 0.161 e. The molecule has 6 heteroatoms. The summed E-state index contributed by atoms with van der Waals surface area (Å²) in [5.74, 6) is 2.33. The fourth-order valence-corrected chi connectivity index (χ4v) is 3.13. The molecule has 0 N–H and O–H groups in total. The molecule has 0 bridgehead atoms. The molecular weight excluding hydrogens is 332 g/mol. The fourth-order valence-electron chi connectivity index (χ4n) is 3.13. The van der Waals surface area contributed by atoms with Crippen LogP contribution >= 0.6 is 0 Å². The van der Waals surface area contributed by atoms with Gasteiger partial charge in [-0.05, 0) is 30.3 Å². The molecule has 0 aliphatic carbocycles. The first kappa shape index (κ1) is 15.7. The minimum Gasteiger partial charge on any atom is -0.493 e. The van der Waals surface area contributed by atoms with Crippen molar-refractivity contribution < 1.29 is 18.9 Å². The Balaban J connectivity index is 1.53. The number of methoxy groups -OCH3 is 1. The summed E-state index contributed by atoms with van der Waals surface area (Å²) in [5.41, 5.74) is 3.09. The lowest BCUT2D eigenvalue weighted by molar-refractivity contribution is 0.252. The quantitative estimate of drug-likeness (QED) is 0.612. The van der Waals surface area contributed by atoms with Crippen molar-refractivity contribution in [1.29, 1.82) is 0 Å². The molecule has 0 saturated carbocycles. The Morgan fingerprint density at radius 1 is 1.08 bits per heavy atom. The zero-order valence-electron chi connectivity index (χ0n) is 14.6. The number of imidazole rings is 1. The van der Waals surface area contributed by atoms with Gasteiger partial charge >= 0.3 is 0 Å². The highest BCUT2D eigenvalue weighted by Crippen LogP contribution is 2.34. The molecule has 2 saturated heterocycles. The van der Waals surface area contributed by atoms with Crippen LogP contribution in [0.5, 0.6) is 11.5 Å². The molecule has 1 aromatic heterocycles. The summed E-state index contributed by atoms with van der Waals surface area (Å²) in [6.45, 7) is 2.93. The Kier molecular flexibility index (Phi) is 3.80. The molecular formula is C20H20N2O4. The van der Waals surface area contributed by atoms with Crippen LogP contribution in [0.15, 0.2) is 42.5 Å². The van der Waals surface area contributed by atoms with Gasteiger partial charge in [-0.25, -0.2) is 4.98 Å². The van der Waals surface area contributed by atoms with Crippen molar-refractivity contribution in [2.24, 2.45) is 0 Å². The maximum atomic E-state index is 5.81. The maximum absolute atomic E-state index is 5.81. The van der Waals surface area contributed by atoms with E-state index in [1.165, 1.54) is 0 Å².